The first-order valence-corrected chi connectivity index (χ1v) is 15.0. The summed E-state index contributed by atoms with van der Waals surface area (Å²) >= 11 is 0. The molecule has 1 unspecified atom stereocenters. The topological polar surface area (TPSA) is 33.0 Å². The molecule has 1 aromatic carbocycles. The molecule has 10 radical (unpaired) electrons. The van der Waals surface area contributed by atoms with E-state index in [1.807, 2.05) is 12.1 Å². The van der Waals surface area contributed by atoms with Gasteiger partial charge in [0.05, 0.1) is 25.4 Å². The third-order valence-electron chi connectivity index (χ3n) is 5.18. The molecule has 0 aliphatic heterocycles. The van der Waals surface area contributed by atoms with E-state index < -0.39 is 16.4 Å². The minimum atomic E-state index is -2.05. The molecule has 3 rings (SSSR count). The quantitative estimate of drug-likeness (QED) is 0.597. The Hall–Kier alpha value is -0.377. The molecule has 2 aliphatic rings. The second-order valence-corrected chi connectivity index (χ2v) is 16.2. The van der Waals surface area contributed by atoms with Gasteiger partial charge in [-0.05, 0) is 87.7 Å². The summed E-state index contributed by atoms with van der Waals surface area (Å²) in [5.74, 6) is 0. The smallest absolute Gasteiger partial charge is 0.413 e. The van der Waals surface area contributed by atoms with Crippen LogP contribution in [0.15, 0.2) is 24.3 Å². The maximum absolute atomic E-state index is 9.12. The van der Waals surface area contributed by atoms with Crippen LogP contribution in [-0.2, 0) is 21.5 Å². The first kappa shape index (κ1) is 22.9. The molecular weight excluding hydrogens is 406 g/mol. The van der Waals surface area contributed by atoms with Crippen molar-refractivity contribution >= 4 is 16.4 Å². The van der Waals surface area contributed by atoms with Crippen molar-refractivity contribution in [2.24, 2.45) is 0 Å². The van der Waals surface area contributed by atoms with E-state index in [4.69, 9.17) is 9.69 Å². The molecule has 0 aromatic heterocycles. The standard InChI is InChI=1S/C22H25NOSi2.Fe/c1-25(2,20-9-5-6-10-20)22(19-15-13-18(17-23)14-16-19)24-26(3,4)21-11-7-8-12-21;/h5-16,22H,1-4H3;/q;+2. The summed E-state index contributed by atoms with van der Waals surface area (Å²) in [4.78, 5) is 0. The van der Waals surface area contributed by atoms with Gasteiger partial charge in [-0.2, -0.15) is 5.26 Å². The summed E-state index contributed by atoms with van der Waals surface area (Å²) in [5.41, 5.74) is 4.64. The van der Waals surface area contributed by atoms with Crippen molar-refractivity contribution in [2.45, 2.75) is 31.9 Å². The molecule has 5 heteroatoms. The SMILES string of the molecule is C[Si](C)(OC(c1ccc(C#N)cc1)[Si](C)(C)[C]1[CH][CH][CH][CH]1)[C]1[CH][CH][CH][CH]1.[Fe+2]. The zero-order valence-electron chi connectivity index (χ0n) is 16.2. The van der Waals surface area contributed by atoms with Crippen LogP contribution >= 0.6 is 0 Å². The first-order valence-electron chi connectivity index (χ1n) is 8.97. The fraction of sp³-hybridized carbons (Fsp3) is 0.227. The second kappa shape index (κ2) is 9.41. The van der Waals surface area contributed by atoms with Crippen molar-refractivity contribution in [3.05, 3.63) is 97.8 Å². The molecule has 0 amide bonds. The number of nitrogens with zero attached hydrogens (tertiary/aromatic N) is 1. The average molecular weight is 431 g/mol. The Morgan fingerprint density at radius 2 is 1.30 bits per heavy atom. The van der Waals surface area contributed by atoms with E-state index in [0.717, 1.165) is 0 Å². The van der Waals surface area contributed by atoms with Crippen molar-refractivity contribution in [1.82, 2.24) is 0 Å². The number of hydrogen-bond donors (Lipinski definition) is 0. The van der Waals surface area contributed by atoms with Gasteiger partial charge < -0.3 is 4.43 Å². The van der Waals surface area contributed by atoms with E-state index in [2.05, 4.69) is 95.8 Å². The molecule has 2 fully saturated rings. The van der Waals surface area contributed by atoms with E-state index in [1.165, 1.54) is 16.6 Å². The van der Waals surface area contributed by atoms with Gasteiger partial charge in [0, 0.05) is 5.54 Å². The Morgan fingerprint density at radius 1 is 0.815 bits per heavy atom. The Kier molecular flexibility index (Phi) is 7.99. The van der Waals surface area contributed by atoms with Crippen LogP contribution in [0.1, 0.15) is 16.9 Å². The van der Waals surface area contributed by atoms with Gasteiger partial charge in [0.15, 0.2) is 8.32 Å². The third kappa shape index (κ3) is 5.16. The number of benzene rings is 1. The minimum Gasteiger partial charge on any atom is -0.413 e. The average Bonchev–Trinajstić information content (AvgIpc) is 3.33. The van der Waals surface area contributed by atoms with Crippen molar-refractivity contribution < 1.29 is 21.5 Å². The Bertz CT molecular complexity index is 641. The van der Waals surface area contributed by atoms with Crippen molar-refractivity contribution in [2.75, 3.05) is 0 Å². The monoisotopic (exact) mass is 431 g/mol. The Balaban J connectivity index is 0.00000261. The summed E-state index contributed by atoms with van der Waals surface area (Å²) in [7, 11) is -3.97. The fourth-order valence-electron chi connectivity index (χ4n) is 3.46. The van der Waals surface area contributed by atoms with Gasteiger partial charge in [-0.3, -0.25) is 0 Å². The molecule has 2 aliphatic carbocycles. The predicted molar refractivity (Wildman–Crippen MR) is 111 cm³/mol. The van der Waals surface area contributed by atoms with Gasteiger partial charge in [0.2, 0.25) is 0 Å². The number of rotatable bonds is 6. The number of hydrogen-bond acceptors (Lipinski definition) is 2. The Morgan fingerprint density at radius 3 is 1.78 bits per heavy atom. The minimum absolute atomic E-state index is 0. The fourth-order valence-corrected chi connectivity index (χ4v) is 9.76. The summed E-state index contributed by atoms with van der Waals surface area (Å²) in [6.07, 6.45) is 17.2. The normalized spacial score (nSPS) is 20.3. The van der Waals surface area contributed by atoms with Gasteiger partial charge in [0.25, 0.3) is 0 Å². The van der Waals surface area contributed by atoms with Crippen LogP contribution in [0.5, 0.6) is 0 Å². The zero-order valence-corrected chi connectivity index (χ0v) is 19.3. The molecule has 0 heterocycles. The zero-order chi connectivity index (χ0) is 18.8. The van der Waals surface area contributed by atoms with E-state index in [9.17, 15) is 0 Å². The molecule has 0 N–H and O–H groups in total. The molecule has 0 spiro atoms. The predicted octanol–water partition coefficient (Wildman–Crippen LogP) is 4.96. The summed E-state index contributed by atoms with van der Waals surface area (Å²) < 4.78 is 6.95. The van der Waals surface area contributed by atoms with Crippen LogP contribution in [0.3, 0.4) is 0 Å². The van der Waals surface area contributed by atoms with Gasteiger partial charge in [-0.15, -0.1) is 0 Å². The molecular formula is C22H25FeNOSi2+2. The third-order valence-corrected chi connectivity index (χ3v) is 11.5. The van der Waals surface area contributed by atoms with Crippen LogP contribution in [-0.4, -0.2) is 16.4 Å². The Labute approximate surface area is 178 Å². The van der Waals surface area contributed by atoms with Crippen molar-refractivity contribution in [3.8, 4) is 6.07 Å². The summed E-state index contributed by atoms with van der Waals surface area (Å²) in [5, 5.41) is 9.12. The van der Waals surface area contributed by atoms with E-state index in [0.29, 0.717) is 5.56 Å². The van der Waals surface area contributed by atoms with E-state index >= 15 is 0 Å². The van der Waals surface area contributed by atoms with Crippen LogP contribution in [0.2, 0.25) is 26.2 Å². The van der Waals surface area contributed by atoms with Gasteiger partial charge in [-0.25, -0.2) is 0 Å². The molecule has 2 nitrogen and oxygen atoms in total. The molecule has 0 saturated heterocycles. The summed E-state index contributed by atoms with van der Waals surface area (Å²) in [6.45, 7) is 9.30. The van der Waals surface area contributed by atoms with Gasteiger partial charge in [0.1, 0.15) is 0 Å². The van der Waals surface area contributed by atoms with Crippen molar-refractivity contribution in [1.29, 1.82) is 5.26 Å². The van der Waals surface area contributed by atoms with E-state index in [1.54, 1.807) is 0 Å². The van der Waals surface area contributed by atoms with E-state index in [-0.39, 0.29) is 22.8 Å². The molecule has 0 bridgehead atoms. The maximum Gasteiger partial charge on any atom is 2.00 e. The molecule has 1 aromatic rings. The van der Waals surface area contributed by atoms with Crippen LogP contribution in [0, 0.1) is 73.8 Å². The number of nitriles is 1. The maximum atomic E-state index is 9.12. The van der Waals surface area contributed by atoms with Gasteiger partial charge in [-0.1, -0.05) is 25.2 Å². The van der Waals surface area contributed by atoms with Crippen LogP contribution in [0.4, 0.5) is 0 Å². The summed E-state index contributed by atoms with van der Waals surface area (Å²) in [6, 6.07) is 10.1. The molecule has 1 atom stereocenters. The molecule has 138 valence electrons. The molecule has 2 saturated carbocycles. The van der Waals surface area contributed by atoms with Crippen LogP contribution in [0.25, 0.3) is 0 Å². The van der Waals surface area contributed by atoms with Crippen molar-refractivity contribution in [3.63, 3.8) is 0 Å². The largest absolute Gasteiger partial charge is 2.00 e. The van der Waals surface area contributed by atoms with Crippen LogP contribution < -0.4 is 0 Å². The second-order valence-electron chi connectivity index (χ2n) is 7.81. The van der Waals surface area contributed by atoms with Gasteiger partial charge >= 0.3 is 17.1 Å². The first-order chi connectivity index (χ1) is 12.3. The molecule has 27 heavy (non-hydrogen) atoms.